The van der Waals surface area contributed by atoms with Gasteiger partial charge in [0.05, 0.1) is 30.9 Å². The summed E-state index contributed by atoms with van der Waals surface area (Å²) in [6.07, 6.45) is 2.38. The SMILES string of the molecule is Cc1noc(-c2ccc(O[C@H]3CCC[C@H](C(=O)O)C3)cc2)c1CNC(=O)OCC(C)C. The highest BCUT2D eigenvalue weighted by Crippen LogP contribution is 2.31. The number of carbonyl (C=O) groups excluding carboxylic acids is 1. The number of nitrogens with one attached hydrogen (secondary N) is 1. The second kappa shape index (κ2) is 10.3. The first kappa shape index (κ1) is 22.7. The Kier molecular flexibility index (Phi) is 7.55. The van der Waals surface area contributed by atoms with E-state index in [1.54, 1.807) is 0 Å². The second-order valence-electron chi connectivity index (χ2n) is 8.39. The zero-order valence-corrected chi connectivity index (χ0v) is 18.2. The summed E-state index contributed by atoms with van der Waals surface area (Å²) >= 11 is 0. The Bertz CT molecular complexity index is 890. The van der Waals surface area contributed by atoms with E-state index in [0.717, 1.165) is 24.0 Å². The maximum absolute atomic E-state index is 11.9. The first-order chi connectivity index (χ1) is 14.8. The number of aryl methyl sites for hydroxylation is 1. The number of hydrogen-bond acceptors (Lipinski definition) is 6. The molecule has 0 unspecified atom stereocenters. The van der Waals surface area contributed by atoms with Crippen LogP contribution in [0.4, 0.5) is 4.79 Å². The zero-order chi connectivity index (χ0) is 22.4. The summed E-state index contributed by atoms with van der Waals surface area (Å²) in [4.78, 5) is 23.1. The molecule has 2 aromatic rings. The monoisotopic (exact) mass is 430 g/mol. The van der Waals surface area contributed by atoms with E-state index < -0.39 is 12.1 Å². The molecule has 168 valence electrons. The molecule has 0 spiro atoms. The van der Waals surface area contributed by atoms with Gasteiger partial charge in [0.1, 0.15) is 5.75 Å². The van der Waals surface area contributed by atoms with Crippen LogP contribution in [-0.2, 0) is 16.1 Å². The molecule has 8 nitrogen and oxygen atoms in total. The zero-order valence-electron chi connectivity index (χ0n) is 18.2. The van der Waals surface area contributed by atoms with Crippen molar-refractivity contribution in [3.05, 3.63) is 35.5 Å². The van der Waals surface area contributed by atoms with E-state index in [0.29, 0.717) is 36.7 Å². The van der Waals surface area contributed by atoms with Crippen LogP contribution in [0.3, 0.4) is 0 Å². The second-order valence-corrected chi connectivity index (χ2v) is 8.39. The van der Waals surface area contributed by atoms with Gasteiger partial charge in [-0.2, -0.15) is 0 Å². The van der Waals surface area contributed by atoms with E-state index in [1.807, 2.05) is 45.0 Å². The molecule has 0 saturated heterocycles. The molecule has 0 radical (unpaired) electrons. The first-order valence-corrected chi connectivity index (χ1v) is 10.7. The number of alkyl carbamates (subject to hydrolysis) is 1. The van der Waals surface area contributed by atoms with Gasteiger partial charge in [0, 0.05) is 11.1 Å². The summed E-state index contributed by atoms with van der Waals surface area (Å²) in [6.45, 7) is 6.38. The van der Waals surface area contributed by atoms with Crippen LogP contribution in [0.15, 0.2) is 28.8 Å². The van der Waals surface area contributed by atoms with Crippen molar-refractivity contribution >= 4 is 12.1 Å². The van der Waals surface area contributed by atoms with Gasteiger partial charge in [-0.3, -0.25) is 4.79 Å². The van der Waals surface area contributed by atoms with Crippen LogP contribution in [0.5, 0.6) is 5.75 Å². The molecule has 1 saturated carbocycles. The smallest absolute Gasteiger partial charge is 0.407 e. The Labute approximate surface area is 181 Å². The first-order valence-electron chi connectivity index (χ1n) is 10.7. The summed E-state index contributed by atoms with van der Waals surface area (Å²) in [6, 6.07) is 7.41. The maximum atomic E-state index is 11.9. The van der Waals surface area contributed by atoms with Gasteiger partial charge in [-0.1, -0.05) is 19.0 Å². The average molecular weight is 431 g/mol. The Morgan fingerprint density at radius 3 is 2.68 bits per heavy atom. The molecule has 3 rings (SSSR count). The van der Waals surface area contributed by atoms with E-state index in [-0.39, 0.29) is 24.5 Å². The third-order valence-electron chi connectivity index (χ3n) is 5.34. The van der Waals surface area contributed by atoms with E-state index in [2.05, 4.69) is 10.5 Å². The van der Waals surface area contributed by atoms with Crippen LogP contribution in [0.2, 0.25) is 0 Å². The van der Waals surface area contributed by atoms with E-state index >= 15 is 0 Å². The van der Waals surface area contributed by atoms with Gasteiger partial charge in [0.2, 0.25) is 0 Å². The minimum Gasteiger partial charge on any atom is -0.490 e. The molecule has 1 aromatic heterocycles. The summed E-state index contributed by atoms with van der Waals surface area (Å²) < 4.78 is 16.6. The molecular weight excluding hydrogens is 400 g/mol. The number of benzene rings is 1. The molecule has 2 N–H and O–H groups in total. The van der Waals surface area contributed by atoms with Crippen LogP contribution < -0.4 is 10.1 Å². The number of carbonyl (C=O) groups is 2. The minimum atomic E-state index is -0.751. The Morgan fingerprint density at radius 2 is 2.00 bits per heavy atom. The van der Waals surface area contributed by atoms with Crippen molar-refractivity contribution in [2.45, 2.75) is 59.1 Å². The molecule has 8 heteroatoms. The standard InChI is InChI=1S/C23H30N2O6/c1-14(2)13-29-23(28)24-12-20-15(3)25-31-21(20)16-7-9-18(10-8-16)30-19-6-4-5-17(11-19)22(26)27/h7-10,14,17,19H,4-6,11-13H2,1-3H3,(H,24,28)(H,26,27)/t17-,19-/m0/s1. The number of rotatable bonds is 8. The summed E-state index contributed by atoms with van der Waals surface area (Å²) in [5.74, 6) is 0.448. The lowest BCUT2D eigenvalue weighted by Crippen LogP contribution is -2.29. The normalized spacial score (nSPS) is 18.6. The minimum absolute atomic E-state index is 0.0927. The van der Waals surface area contributed by atoms with Gasteiger partial charge in [0.25, 0.3) is 0 Å². The lowest BCUT2D eigenvalue weighted by molar-refractivity contribution is -0.143. The van der Waals surface area contributed by atoms with Crippen LogP contribution in [0.1, 0.15) is 50.8 Å². The number of aliphatic carboxylic acids is 1. The highest BCUT2D eigenvalue weighted by atomic mass is 16.5. The topological polar surface area (TPSA) is 111 Å². The van der Waals surface area contributed by atoms with Gasteiger partial charge in [-0.15, -0.1) is 0 Å². The lowest BCUT2D eigenvalue weighted by Gasteiger charge is -2.27. The Balaban J connectivity index is 1.62. The number of carboxylic acids is 1. The summed E-state index contributed by atoms with van der Waals surface area (Å²) in [5.41, 5.74) is 2.29. The van der Waals surface area contributed by atoms with Crippen molar-refractivity contribution in [1.82, 2.24) is 10.5 Å². The highest BCUT2D eigenvalue weighted by molar-refractivity contribution is 5.70. The van der Waals surface area contributed by atoms with Gasteiger partial charge in [0.15, 0.2) is 5.76 Å². The van der Waals surface area contributed by atoms with Gasteiger partial charge >= 0.3 is 12.1 Å². The largest absolute Gasteiger partial charge is 0.490 e. The summed E-state index contributed by atoms with van der Waals surface area (Å²) in [7, 11) is 0. The fourth-order valence-corrected chi connectivity index (χ4v) is 3.63. The molecule has 31 heavy (non-hydrogen) atoms. The number of aromatic nitrogens is 1. The fraction of sp³-hybridized carbons (Fsp3) is 0.522. The van der Waals surface area contributed by atoms with E-state index in [1.165, 1.54) is 0 Å². The van der Waals surface area contributed by atoms with Crippen LogP contribution in [-0.4, -0.2) is 35.0 Å². The van der Waals surface area contributed by atoms with Crippen molar-refractivity contribution in [1.29, 1.82) is 0 Å². The molecule has 0 aliphatic heterocycles. The number of carboxylic acid groups (broad SMARTS) is 1. The maximum Gasteiger partial charge on any atom is 0.407 e. The van der Waals surface area contributed by atoms with Crippen molar-refractivity contribution < 1.29 is 28.7 Å². The van der Waals surface area contributed by atoms with Crippen LogP contribution in [0.25, 0.3) is 11.3 Å². The number of amides is 1. The third-order valence-corrected chi connectivity index (χ3v) is 5.34. The van der Waals surface area contributed by atoms with Gasteiger partial charge < -0.3 is 24.4 Å². The Morgan fingerprint density at radius 1 is 1.26 bits per heavy atom. The van der Waals surface area contributed by atoms with Crippen molar-refractivity contribution in [3.63, 3.8) is 0 Å². The molecular formula is C23H30N2O6. The molecule has 1 aliphatic carbocycles. The fourth-order valence-electron chi connectivity index (χ4n) is 3.63. The number of hydrogen-bond donors (Lipinski definition) is 2. The van der Waals surface area contributed by atoms with E-state index in [9.17, 15) is 14.7 Å². The number of nitrogens with zero attached hydrogens (tertiary/aromatic N) is 1. The third kappa shape index (κ3) is 6.23. The van der Waals surface area contributed by atoms with E-state index in [4.69, 9.17) is 14.0 Å². The predicted octanol–water partition coefficient (Wildman–Crippen LogP) is 4.55. The number of ether oxygens (including phenoxy) is 2. The average Bonchev–Trinajstić information content (AvgIpc) is 3.11. The molecule has 2 atom stereocenters. The molecule has 1 aliphatic rings. The summed E-state index contributed by atoms with van der Waals surface area (Å²) in [5, 5.41) is 16.0. The van der Waals surface area contributed by atoms with Gasteiger partial charge in [-0.05, 0) is 62.8 Å². The van der Waals surface area contributed by atoms with Gasteiger partial charge in [-0.25, -0.2) is 4.79 Å². The van der Waals surface area contributed by atoms with Crippen molar-refractivity contribution in [2.24, 2.45) is 11.8 Å². The highest BCUT2D eigenvalue weighted by Gasteiger charge is 2.28. The van der Waals surface area contributed by atoms with Crippen molar-refractivity contribution in [2.75, 3.05) is 6.61 Å². The molecule has 0 bridgehead atoms. The Hall–Kier alpha value is -3.03. The molecule has 1 fully saturated rings. The van der Waals surface area contributed by atoms with Crippen molar-refractivity contribution in [3.8, 4) is 17.1 Å². The van der Waals surface area contributed by atoms with Crippen LogP contribution >= 0.6 is 0 Å². The molecule has 1 aromatic carbocycles. The molecule has 1 amide bonds. The quantitative estimate of drug-likeness (QED) is 0.632. The molecule has 1 heterocycles. The van der Waals surface area contributed by atoms with Crippen LogP contribution in [0, 0.1) is 18.8 Å². The predicted molar refractivity (Wildman–Crippen MR) is 114 cm³/mol. The lowest BCUT2D eigenvalue weighted by atomic mass is 9.87.